The van der Waals surface area contributed by atoms with E-state index in [2.05, 4.69) is 20.4 Å². The molecule has 1 fully saturated rings. The van der Waals surface area contributed by atoms with Gasteiger partial charge in [0.1, 0.15) is 5.69 Å². The molecule has 1 unspecified atom stereocenters. The maximum atomic E-state index is 5.30. The number of piperidine rings is 1. The number of rotatable bonds is 2. The van der Waals surface area contributed by atoms with Gasteiger partial charge in [-0.25, -0.2) is 4.98 Å². The summed E-state index contributed by atoms with van der Waals surface area (Å²) in [5.74, 6) is 1.24. The number of aryl methyl sites for hydroxylation is 1. The summed E-state index contributed by atoms with van der Waals surface area (Å²) in [7, 11) is 0. The van der Waals surface area contributed by atoms with E-state index >= 15 is 0 Å². The van der Waals surface area contributed by atoms with E-state index in [9.17, 15) is 0 Å². The van der Waals surface area contributed by atoms with Crippen LogP contribution < -0.4 is 5.32 Å². The van der Waals surface area contributed by atoms with Crippen LogP contribution in [0.3, 0.4) is 0 Å². The number of hydrogen-bond acceptors (Lipinski definition) is 5. The van der Waals surface area contributed by atoms with Gasteiger partial charge >= 0.3 is 0 Å². The zero-order chi connectivity index (χ0) is 12.4. The summed E-state index contributed by atoms with van der Waals surface area (Å²) in [5, 5.41) is 7.46. The van der Waals surface area contributed by atoms with Crippen LogP contribution in [0.25, 0.3) is 11.6 Å². The quantitative estimate of drug-likeness (QED) is 0.877. The lowest BCUT2D eigenvalue weighted by atomic mass is 10.0. The third kappa shape index (κ3) is 2.26. The lowest BCUT2D eigenvalue weighted by Crippen LogP contribution is -2.27. The van der Waals surface area contributed by atoms with Crippen LogP contribution >= 0.6 is 0 Å². The van der Waals surface area contributed by atoms with Crippen LogP contribution in [-0.4, -0.2) is 21.7 Å². The predicted molar refractivity (Wildman–Crippen MR) is 66.9 cm³/mol. The summed E-state index contributed by atoms with van der Waals surface area (Å²) in [4.78, 5) is 8.83. The second-order valence-corrected chi connectivity index (χ2v) is 4.62. The van der Waals surface area contributed by atoms with Crippen molar-refractivity contribution in [3.63, 3.8) is 0 Å². The smallest absolute Gasteiger partial charge is 0.276 e. The first-order valence-electron chi connectivity index (χ1n) is 6.34. The third-order valence-electron chi connectivity index (χ3n) is 3.17. The van der Waals surface area contributed by atoms with Crippen molar-refractivity contribution in [2.24, 2.45) is 0 Å². The highest BCUT2D eigenvalue weighted by Crippen LogP contribution is 2.23. The van der Waals surface area contributed by atoms with Crippen molar-refractivity contribution in [3.8, 4) is 11.6 Å². The molecular weight excluding hydrogens is 228 g/mol. The zero-order valence-electron chi connectivity index (χ0n) is 10.4. The molecule has 1 atom stereocenters. The monoisotopic (exact) mass is 244 g/mol. The van der Waals surface area contributed by atoms with Gasteiger partial charge in [-0.2, -0.15) is 4.98 Å². The van der Waals surface area contributed by atoms with E-state index in [-0.39, 0.29) is 6.04 Å². The Hall–Kier alpha value is -1.75. The second-order valence-electron chi connectivity index (χ2n) is 4.62. The topological polar surface area (TPSA) is 63.8 Å². The zero-order valence-corrected chi connectivity index (χ0v) is 10.4. The van der Waals surface area contributed by atoms with E-state index in [1.54, 1.807) is 0 Å². The van der Waals surface area contributed by atoms with Crippen molar-refractivity contribution in [3.05, 3.63) is 29.7 Å². The molecule has 0 saturated carbocycles. The molecule has 0 amide bonds. The molecule has 0 bridgehead atoms. The van der Waals surface area contributed by atoms with Crippen molar-refractivity contribution in [1.29, 1.82) is 0 Å². The summed E-state index contributed by atoms with van der Waals surface area (Å²) >= 11 is 0. The number of hydrogen-bond donors (Lipinski definition) is 1. The van der Waals surface area contributed by atoms with Crippen LogP contribution in [0.2, 0.25) is 0 Å². The Balaban J connectivity index is 1.84. The lowest BCUT2D eigenvalue weighted by Gasteiger charge is -2.19. The van der Waals surface area contributed by atoms with Gasteiger partial charge in [-0.1, -0.05) is 17.6 Å². The molecule has 1 saturated heterocycles. The summed E-state index contributed by atoms with van der Waals surface area (Å²) in [5.41, 5.74) is 1.69. The van der Waals surface area contributed by atoms with Gasteiger partial charge in [0.25, 0.3) is 5.89 Å². The first kappa shape index (κ1) is 11.3. The van der Waals surface area contributed by atoms with Gasteiger partial charge in [-0.05, 0) is 38.4 Å². The Morgan fingerprint density at radius 3 is 3.00 bits per heavy atom. The van der Waals surface area contributed by atoms with Crippen molar-refractivity contribution in [1.82, 2.24) is 20.4 Å². The Kier molecular flexibility index (Phi) is 3.06. The van der Waals surface area contributed by atoms with Crippen molar-refractivity contribution < 1.29 is 4.52 Å². The van der Waals surface area contributed by atoms with Crippen molar-refractivity contribution in [2.75, 3.05) is 6.54 Å². The Bertz CT molecular complexity index is 531. The van der Waals surface area contributed by atoms with E-state index in [1.165, 1.54) is 12.8 Å². The van der Waals surface area contributed by atoms with E-state index < -0.39 is 0 Å². The van der Waals surface area contributed by atoms with Crippen LogP contribution in [0.4, 0.5) is 0 Å². The van der Waals surface area contributed by atoms with Gasteiger partial charge in [0, 0.05) is 5.69 Å². The van der Waals surface area contributed by atoms with Crippen molar-refractivity contribution >= 4 is 0 Å². The average Bonchev–Trinajstić information content (AvgIpc) is 2.89. The first-order valence-corrected chi connectivity index (χ1v) is 6.34. The molecule has 5 heteroatoms. The minimum absolute atomic E-state index is 0.223. The van der Waals surface area contributed by atoms with Gasteiger partial charge in [-0.15, -0.1) is 0 Å². The van der Waals surface area contributed by atoms with Gasteiger partial charge < -0.3 is 9.84 Å². The molecule has 5 nitrogen and oxygen atoms in total. The van der Waals surface area contributed by atoms with Crippen molar-refractivity contribution in [2.45, 2.75) is 32.2 Å². The van der Waals surface area contributed by atoms with E-state index in [0.29, 0.717) is 5.89 Å². The molecular formula is C13H16N4O. The predicted octanol–water partition coefficient (Wildman–Crippen LogP) is 2.25. The molecule has 1 N–H and O–H groups in total. The molecule has 18 heavy (non-hydrogen) atoms. The number of pyridine rings is 1. The normalized spacial score (nSPS) is 19.9. The second kappa shape index (κ2) is 4.86. The van der Waals surface area contributed by atoms with Gasteiger partial charge in [0.15, 0.2) is 5.82 Å². The fourth-order valence-corrected chi connectivity index (χ4v) is 2.21. The fraction of sp³-hybridized carbons (Fsp3) is 0.462. The minimum Gasteiger partial charge on any atom is -0.332 e. The Morgan fingerprint density at radius 1 is 1.28 bits per heavy atom. The van der Waals surface area contributed by atoms with E-state index in [1.807, 2.05) is 25.1 Å². The van der Waals surface area contributed by atoms with Crippen LogP contribution in [-0.2, 0) is 0 Å². The molecule has 0 spiro atoms. The summed E-state index contributed by atoms with van der Waals surface area (Å²) in [6.45, 7) is 2.97. The van der Waals surface area contributed by atoms with Crippen LogP contribution in [0.5, 0.6) is 0 Å². The highest BCUT2D eigenvalue weighted by Gasteiger charge is 2.21. The molecule has 2 aromatic heterocycles. The van der Waals surface area contributed by atoms with Gasteiger partial charge in [-0.3, -0.25) is 0 Å². The summed E-state index contributed by atoms with van der Waals surface area (Å²) in [6.07, 6.45) is 3.51. The molecule has 2 aromatic rings. The highest BCUT2D eigenvalue weighted by molar-refractivity contribution is 5.46. The third-order valence-corrected chi connectivity index (χ3v) is 3.17. The molecule has 3 rings (SSSR count). The molecule has 0 radical (unpaired) electrons. The van der Waals surface area contributed by atoms with E-state index in [0.717, 1.165) is 30.2 Å². The molecule has 94 valence electrons. The molecule has 0 aromatic carbocycles. The number of aromatic nitrogens is 3. The van der Waals surface area contributed by atoms with Crippen LogP contribution in [0, 0.1) is 6.92 Å². The molecule has 0 aliphatic carbocycles. The SMILES string of the molecule is Cc1cccc(-c2nc(C3CCCCN3)no2)n1. The minimum atomic E-state index is 0.223. The summed E-state index contributed by atoms with van der Waals surface area (Å²) < 4.78 is 5.30. The standard InChI is InChI=1S/C13H16N4O/c1-9-5-4-7-11(15-9)13-16-12(17-18-13)10-6-2-3-8-14-10/h4-5,7,10,14H,2-3,6,8H2,1H3. The van der Waals surface area contributed by atoms with Crippen LogP contribution in [0.1, 0.15) is 36.8 Å². The Morgan fingerprint density at radius 2 is 2.22 bits per heavy atom. The number of nitrogens with one attached hydrogen (secondary N) is 1. The molecule has 1 aliphatic rings. The number of nitrogens with zero attached hydrogens (tertiary/aromatic N) is 3. The van der Waals surface area contributed by atoms with Crippen LogP contribution in [0.15, 0.2) is 22.7 Å². The molecule has 1 aliphatic heterocycles. The highest BCUT2D eigenvalue weighted by atomic mass is 16.5. The lowest BCUT2D eigenvalue weighted by molar-refractivity contribution is 0.366. The first-order chi connectivity index (χ1) is 8.83. The maximum Gasteiger partial charge on any atom is 0.276 e. The average molecular weight is 244 g/mol. The van der Waals surface area contributed by atoms with Gasteiger partial charge in [0.2, 0.25) is 0 Å². The fourth-order valence-electron chi connectivity index (χ4n) is 2.21. The largest absolute Gasteiger partial charge is 0.332 e. The summed E-state index contributed by atoms with van der Waals surface area (Å²) in [6, 6.07) is 6.00. The van der Waals surface area contributed by atoms with Gasteiger partial charge in [0.05, 0.1) is 6.04 Å². The Labute approximate surface area is 106 Å². The van der Waals surface area contributed by atoms with E-state index in [4.69, 9.17) is 4.52 Å². The maximum absolute atomic E-state index is 5.30. The molecule has 3 heterocycles.